The van der Waals surface area contributed by atoms with Gasteiger partial charge in [-0.1, -0.05) is 11.8 Å². The lowest BCUT2D eigenvalue weighted by Crippen LogP contribution is -1.96. The predicted molar refractivity (Wildman–Crippen MR) is 51.3 cm³/mol. The van der Waals surface area contributed by atoms with Crippen LogP contribution in [0, 0.1) is 23.5 Å². The fourth-order valence-electron chi connectivity index (χ4n) is 0.888. The topological polar surface area (TPSA) is 52.0 Å². The smallest absolute Gasteiger partial charge is 0.147 e. The van der Waals surface area contributed by atoms with Crippen LogP contribution in [-0.4, -0.2) is 6.54 Å². The third-order valence-electron chi connectivity index (χ3n) is 1.58. The minimum atomic E-state index is -0.663. The fourth-order valence-corrected chi connectivity index (χ4v) is 0.888. The molecule has 0 spiro atoms. The molecule has 0 heterocycles. The Morgan fingerprint density at radius 3 is 2.57 bits per heavy atom. The van der Waals surface area contributed by atoms with Crippen LogP contribution in [0.15, 0.2) is 12.1 Å². The fraction of sp³-hybridized carbons (Fsp3) is 0.200. The SMILES string of the molecule is NCCC#Cc1cc(F)c(N)cc1F. The van der Waals surface area contributed by atoms with E-state index in [0.717, 1.165) is 12.1 Å². The molecule has 0 aromatic heterocycles. The van der Waals surface area contributed by atoms with Gasteiger partial charge in [-0.15, -0.1) is 0 Å². The van der Waals surface area contributed by atoms with Gasteiger partial charge in [0.05, 0.1) is 11.3 Å². The largest absolute Gasteiger partial charge is 0.396 e. The van der Waals surface area contributed by atoms with Gasteiger partial charge in [-0.2, -0.15) is 0 Å². The van der Waals surface area contributed by atoms with E-state index in [2.05, 4.69) is 11.8 Å². The van der Waals surface area contributed by atoms with E-state index in [1.165, 1.54) is 0 Å². The third kappa shape index (κ3) is 2.44. The number of rotatable bonds is 1. The minimum absolute atomic E-state index is 0.00477. The van der Waals surface area contributed by atoms with Crippen molar-refractivity contribution in [2.24, 2.45) is 5.73 Å². The summed E-state index contributed by atoms with van der Waals surface area (Å²) in [5, 5.41) is 0. The molecular weight excluding hydrogens is 186 g/mol. The van der Waals surface area contributed by atoms with Crippen LogP contribution in [-0.2, 0) is 0 Å². The molecule has 14 heavy (non-hydrogen) atoms. The van der Waals surface area contributed by atoms with Crippen molar-refractivity contribution in [1.29, 1.82) is 0 Å². The lowest BCUT2D eigenvalue weighted by atomic mass is 10.2. The lowest BCUT2D eigenvalue weighted by molar-refractivity contribution is 0.601. The first-order valence-corrected chi connectivity index (χ1v) is 4.08. The molecule has 0 amide bonds. The quantitative estimate of drug-likeness (QED) is 0.524. The molecule has 0 unspecified atom stereocenters. The molecule has 74 valence electrons. The van der Waals surface area contributed by atoms with Crippen molar-refractivity contribution in [1.82, 2.24) is 0 Å². The molecule has 0 aliphatic rings. The maximum atomic E-state index is 13.1. The van der Waals surface area contributed by atoms with Crippen LogP contribution < -0.4 is 11.5 Å². The van der Waals surface area contributed by atoms with Gasteiger partial charge < -0.3 is 11.5 Å². The Hall–Kier alpha value is -1.60. The Balaban J connectivity index is 3.00. The minimum Gasteiger partial charge on any atom is -0.396 e. The van der Waals surface area contributed by atoms with Gasteiger partial charge in [-0.25, -0.2) is 8.78 Å². The highest BCUT2D eigenvalue weighted by Gasteiger charge is 2.04. The van der Waals surface area contributed by atoms with Crippen molar-refractivity contribution < 1.29 is 8.78 Å². The van der Waals surface area contributed by atoms with Crippen molar-refractivity contribution >= 4 is 5.69 Å². The first kappa shape index (κ1) is 10.5. The lowest BCUT2D eigenvalue weighted by Gasteiger charge is -1.98. The van der Waals surface area contributed by atoms with E-state index in [4.69, 9.17) is 11.5 Å². The maximum absolute atomic E-state index is 13.1. The van der Waals surface area contributed by atoms with Crippen molar-refractivity contribution in [3.05, 3.63) is 29.3 Å². The highest BCUT2D eigenvalue weighted by atomic mass is 19.1. The number of hydrogen-bond donors (Lipinski definition) is 2. The van der Waals surface area contributed by atoms with E-state index in [9.17, 15) is 8.78 Å². The molecule has 0 aliphatic carbocycles. The van der Waals surface area contributed by atoms with E-state index < -0.39 is 11.6 Å². The summed E-state index contributed by atoms with van der Waals surface area (Å²) in [5.74, 6) is 3.82. The van der Waals surface area contributed by atoms with Crippen molar-refractivity contribution in [3.63, 3.8) is 0 Å². The molecule has 0 bridgehead atoms. The second-order valence-corrected chi connectivity index (χ2v) is 2.69. The zero-order valence-electron chi connectivity index (χ0n) is 7.48. The van der Waals surface area contributed by atoms with E-state index in [0.29, 0.717) is 13.0 Å². The third-order valence-corrected chi connectivity index (χ3v) is 1.58. The van der Waals surface area contributed by atoms with E-state index in [-0.39, 0.29) is 11.3 Å². The molecule has 0 radical (unpaired) electrons. The van der Waals surface area contributed by atoms with Crippen molar-refractivity contribution in [2.75, 3.05) is 12.3 Å². The summed E-state index contributed by atoms with van der Waals surface area (Å²) in [6.07, 6.45) is 0.450. The second-order valence-electron chi connectivity index (χ2n) is 2.69. The zero-order chi connectivity index (χ0) is 10.6. The number of benzene rings is 1. The molecule has 0 saturated heterocycles. The van der Waals surface area contributed by atoms with Crippen LogP contribution in [0.1, 0.15) is 12.0 Å². The molecular formula is C10H10F2N2. The number of halogens is 2. The monoisotopic (exact) mass is 196 g/mol. The number of anilines is 1. The van der Waals surface area contributed by atoms with E-state index >= 15 is 0 Å². The summed E-state index contributed by atoms with van der Waals surface area (Å²) in [7, 11) is 0. The number of nitrogens with two attached hydrogens (primary N) is 2. The first-order chi connectivity index (χ1) is 6.65. The molecule has 1 rings (SSSR count). The molecule has 0 saturated carbocycles. The van der Waals surface area contributed by atoms with Gasteiger partial charge in [0.1, 0.15) is 11.6 Å². The molecule has 1 aromatic carbocycles. The van der Waals surface area contributed by atoms with Gasteiger partial charge in [0.25, 0.3) is 0 Å². The van der Waals surface area contributed by atoms with Gasteiger partial charge in [-0.3, -0.25) is 0 Å². The molecule has 2 nitrogen and oxygen atoms in total. The Morgan fingerprint density at radius 2 is 1.93 bits per heavy atom. The van der Waals surface area contributed by atoms with Gasteiger partial charge >= 0.3 is 0 Å². The van der Waals surface area contributed by atoms with Crippen LogP contribution in [0.2, 0.25) is 0 Å². The summed E-state index contributed by atoms with van der Waals surface area (Å²) in [4.78, 5) is 0. The van der Waals surface area contributed by atoms with Gasteiger partial charge in [-0.05, 0) is 6.07 Å². The molecule has 4 N–H and O–H groups in total. The maximum Gasteiger partial charge on any atom is 0.147 e. The summed E-state index contributed by atoms with van der Waals surface area (Å²) in [6, 6.07) is 1.90. The molecule has 0 fully saturated rings. The molecule has 1 aromatic rings. The molecule has 0 aliphatic heterocycles. The van der Waals surface area contributed by atoms with Gasteiger partial charge in [0, 0.05) is 19.0 Å². The average Bonchev–Trinajstić information content (AvgIpc) is 2.14. The van der Waals surface area contributed by atoms with Crippen LogP contribution in [0.4, 0.5) is 14.5 Å². The highest BCUT2D eigenvalue weighted by Crippen LogP contribution is 2.15. The Kier molecular flexibility index (Phi) is 3.43. The van der Waals surface area contributed by atoms with Crippen LogP contribution >= 0.6 is 0 Å². The molecule has 4 heteroatoms. The summed E-state index contributed by atoms with van der Waals surface area (Å²) >= 11 is 0. The Labute approximate surface area is 80.9 Å². The average molecular weight is 196 g/mol. The van der Waals surface area contributed by atoms with Crippen molar-refractivity contribution in [2.45, 2.75) is 6.42 Å². The van der Waals surface area contributed by atoms with Gasteiger partial charge in [0.15, 0.2) is 0 Å². The number of nitrogen functional groups attached to an aromatic ring is 1. The normalized spacial score (nSPS) is 9.36. The van der Waals surface area contributed by atoms with Crippen LogP contribution in [0.3, 0.4) is 0 Å². The van der Waals surface area contributed by atoms with Crippen molar-refractivity contribution in [3.8, 4) is 11.8 Å². The van der Waals surface area contributed by atoms with Crippen LogP contribution in [0.25, 0.3) is 0 Å². The molecule has 0 atom stereocenters. The predicted octanol–water partition coefficient (Wildman–Crippen LogP) is 1.25. The second kappa shape index (κ2) is 4.58. The Morgan fingerprint density at radius 1 is 1.21 bits per heavy atom. The van der Waals surface area contributed by atoms with Crippen LogP contribution in [0.5, 0.6) is 0 Å². The summed E-state index contributed by atoms with van der Waals surface area (Å²) in [5.41, 5.74) is 10.1. The summed E-state index contributed by atoms with van der Waals surface area (Å²) < 4.78 is 26.0. The standard InChI is InChI=1S/C10H10F2N2/c11-8-6-10(14)9(12)5-7(8)3-1-2-4-13/h5-6H,2,4,13-14H2. The zero-order valence-corrected chi connectivity index (χ0v) is 7.48. The van der Waals surface area contributed by atoms with Gasteiger partial charge in [0.2, 0.25) is 0 Å². The van der Waals surface area contributed by atoms with E-state index in [1.54, 1.807) is 0 Å². The highest BCUT2D eigenvalue weighted by molar-refractivity contribution is 5.47. The van der Waals surface area contributed by atoms with E-state index in [1.807, 2.05) is 0 Å². The number of hydrogen-bond acceptors (Lipinski definition) is 2. The first-order valence-electron chi connectivity index (χ1n) is 4.08. The summed E-state index contributed by atoms with van der Waals surface area (Å²) in [6.45, 7) is 0.395. The Bertz CT molecular complexity index is 391.